The largest absolute Gasteiger partial charge is 0.352 e. The molecule has 0 aliphatic carbocycles. The third-order valence-electron chi connectivity index (χ3n) is 3.45. The predicted molar refractivity (Wildman–Crippen MR) is 93.6 cm³/mol. The van der Waals surface area contributed by atoms with Crippen LogP contribution in [0.15, 0.2) is 41.8 Å². The van der Waals surface area contributed by atoms with E-state index in [4.69, 9.17) is 5.73 Å². The summed E-state index contributed by atoms with van der Waals surface area (Å²) in [5.74, 6) is 0.147. The van der Waals surface area contributed by atoms with Crippen LogP contribution < -0.4 is 16.4 Å². The van der Waals surface area contributed by atoms with Crippen molar-refractivity contribution in [1.82, 2.24) is 5.32 Å². The molecule has 0 saturated carbocycles. The molecule has 0 bridgehead atoms. The summed E-state index contributed by atoms with van der Waals surface area (Å²) in [5, 5.41) is 7.46. The molecule has 3 amide bonds. The lowest BCUT2D eigenvalue weighted by Crippen LogP contribution is -2.35. The average molecular weight is 331 g/mol. The Hall–Kier alpha value is -2.34. The number of hydrogen-bond acceptors (Lipinski definition) is 3. The van der Waals surface area contributed by atoms with Crippen LogP contribution in [0.5, 0.6) is 0 Å². The highest BCUT2D eigenvalue weighted by Crippen LogP contribution is 2.26. The number of carbonyl (C=O) groups excluding carboxylic acids is 2. The lowest BCUT2D eigenvalue weighted by atomic mass is 10.0. The fourth-order valence-corrected chi connectivity index (χ4v) is 3.16. The van der Waals surface area contributed by atoms with Gasteiger partial charge in [-0.05, 0) is 29.0 Å². The Bertz CT molecular complexity index is 668. The van der Waals surface area contributed by atoms with Gasteiger partial charge in [0.15, 0.2) is 0 Å². The maximum absolute atomic E-state index is 12.4. The van der Waals surface area contributed by atoms with E-state index in [-0.39, 0.29) is 12.3 Å². The molecule has 122 valence electrons. The first kappa shape index (κ1) is 17.0. The lowest BCUT2D eigenvalue weighted by molar-refractivity contribution is -0.116. The number of hydrogen-bond donors (Lipinski definition) is 3. The van der Waals surface area contributed by atoms with Crippen LogP contribution in [0.25, 0.3) is 0 Å². The summed E-state index contributed by atoms with van der Waals surface area (Å²) in [5.41, 5.74) is 7.10. The number of carbonyl (C=O) groups is 2. The van der Waals surface area contributed by atoms with Gasteiger partial charge in [-0.25, -0.2) is 4.79 Å². The van der Waals surface area contributed by atoms with Crippen LogP contribution in [0, 0.1) is 0 Å². The van der Waals surface area contributed by atoms with E-state index < -0.39 is 12.1 Å². The topological polar surface area (TPSA) is 84.2 Å². The molecule has 0 radical (unpaired) electrons. The molecule has 4 N–H and O–H groups in total. The van der Waals surface area contributed by atoms with Crippen molar-refractivity contribution in [2.75, 3.05) is 5.32 Å². The van der Waals surface area contributed by atoms with Crippen LogP contribution in [-0.2, 0) is 4.79 Å². The fourth-order valence-electron chi connectivity index (χ4n) is 2.38. The molecule has 1 aromatic carbocycles. The maximum atomic E-state index is 12.4. The van der Waals surface area contributed by atoms with Crippen LogP contribution in [0.1, 0.15) is 42.7 Å². The minimum atomic E-state index is -0.640. The fraction of sp³-hybridized carbons (Fsp3) is 0.294. The predicted octanol–water partition coefficient (Wildman–Crippen LogP) is 3.61. The quantitative estimate of drug-likeness (QED) is 0.755. The van der Waals surface area contributed by atoms with Crippen LogP contribution >= 0.6 is 11.3 Å². The van der Waals surface area contributed by atoms with E-state index in [1.165, 1.54) is 11.3 Å². The van der Waals surface area contributed by atoms with Crippen molar-refractivity contribution in [2.45, 2.75) is 32.2 Å². The molecule has 1 atom stereocenters. The number of para-hydroxylation sites is 1. The van der Waals surface area contributed by atoms with Gasteiger partial charge in [-0.3, -0.25) is 4.79 Å². The first-order valence-corrected chi connectivity index (χ1v) is 8.33. The van der Waals surface area contributed by atoms with Crippen molar-refractivity contribution in [3.63, 3.8) is 0 Å². The first-order chi connectivity index (χ1) is 11.0. The van der Waals surface area contributed by atoms with E-state index in [0.29, 0.717) is 5.92 Å². The molecule has 1 unspecified atom stereocenters. The van der Waals surface area contributed by atoms with E-state index in [9.17, 15) is 9.59 Å². The summed E-state index contributed by atoms with van der Waals surface area (Å²) >= 11 is 1.48. The Morgan fingerprint density at radius 3 is 2.52 bits per heavy atom. The normalized spacial score (nSPS) is 12.0. The van der Waals surface area contributed by atoms with Crippen molar-refractivity contribution in [3.8, 4) is 0 Å². The smallest absolute Gasteiger partial charge is 0.312 e. The molecule has 0 fully saturated rings. The number of urea groups is 1. The zero-order valence-electron chi connectivity index (χ0n) is 13.2. The number of benzene rings is 1. The van der Waals surface area contributed by atoms with Crippen molar-refractivity contribution in [2.24, 2.45) is 5.73 Å². The molecule has 0 spiro atoms. The molecule has 6 heteroatoms. The van der Waals surface area contributed by atoms with Gasteiger partial charge in [0, 0.05) is 10.6 Å². The monoisotopic (exact) mass is 331 g/mol. The average Bonchev–Trinajstić information content (AvgIpc) is 3.00. The number of amides is 3. The second-order valence-electron chi connectivity index (χ2n) is 5.57. The highest BCUT2D eigenvalue weighted by atomic mass is 32.1. The van der Waals surface area contributed by atoms with Gasteiger partial charge in [0.1, 0.15) is 0 Å². The van der Waals surface area contributed by atoms with E-state index >= 15 is 0 Å². The molecule has 23 heavy (non-hydrogen) atoms. The third-order valence-corrected chi connectivity index (χ3v) is 4.44. The molecule has 0 saturated heterocycles. The van der Waals surface area contributed by atoms with Crippen LogP contribution in [-0.4, -0.2) is 11.9 Å². The minimum absolute atomic E-state index is 0.135. The molecule has 2 rings (SSSR count). The number of anilines is 1. The van der Waals surface area contributed by atoms with Gasteiger partial charge in [0.25, 0.3) is 0 Å². The Morgan fingerprint density at radius 1 is 1.17 bits per heavy atom. The molecule has 1 aromatic heterocycles. The summed E-state index contributed by atoms with van der Waals surface area (Å²) in [4.78, 5) is 24.4. The second-order valence-corrected chi connectivity index (χ2v) is 6.55. The van der Waals surface area contributed by atoms with Gasteiger partial charge in [-0.15, -0.1) is 11.3 Å². The molecule has 0 aliphatic heterocycles. The highest BCUT2D eigenvalue weighted by Gasteiger charge is 2.19. The number of nitrogens with one attached hydrogen (secondary N) is 2. The van der Waals surface area contributed by atoms with Crippen molar-refractivity contribution < 1.29 is 9.59 Å². The van der Waals surface area contributed by atoms with Gasteiger partial charge in [0.2, 0.25) is 5.91 Å². The Balaban J connectivity index is 2.09. The highest BCUT2D eigenvalue weighted by molar-refractivity contribution is 7.10. The molecular weight excluding hydrogens is 310 g/mol. The van der Waals surface area contributed by atoms with Crippen LogP contribution in [0.4, 0.5) is 10.5 Å². The zero-order valence-corrected chi connectivity index (χ0v) is 14.0. The number of thiophene rings is 1. The minimum Gasteiger partial charge on any atom is -0.352 e. The Labute approximate surface area is 139 Å². The van der Waals surface area contributed by atoms with E-state index in [1.54, 1.807) is 0 Å². The van der Waals surface area contributed by atoms with Gasteiger partial charge in [-0.1, -0.05) is 38.1 Å². The van der Waals surface area contributed by atoms with Gasteiger partial charge < -0.3 is 16.4 Å². The van der Waals surface area contributed by atoms with Crippen LogP contribution in [0.3, 0.4) is 0 Å². The van der Waals surface area contributed by atoms with Gasteiger partial charge >= 0.3 is 6.03 Å². The van der Waals surface area contributed by atoms with Gasteiger partial charge in [-0.2, -0.15) is 0 Å². The molecule has 2 aromatic rings. The van der Waals surface area contributed by atoms with E-state index in [0.717, 1.165) is 16.1 Å². The summed E-state index contributed by atoms with van der Waals surface area (Å²) < 4.78 is 0. The number of nitrogens with two attached hydrogens (primary N) is 1. The first-order valence-electron chi connectivity index (χ1n) is 7.45. The third kappa shape index (κ3) is 4.82. The SMILES string of the molecule is CC(C)c1ccccc1NC(=O)CC(NC(N)=O)c1cccs1. The summed E-state index contributed by atoms with van der Waals surface area (Å²) in [6.07, 6.45) is 0.135. The van der Waals surface area contributed by atoms with Gasteiger partial charge in [0.05, 0.1) is 12.5 Å². The van der Waals surface area contributed by atoms with Crippen molar-refractivity contribution in [1.29, 1.82) is 0 Å². The molecular formula is C17H21N3O2S. The zero-order chi connectivity index (χ0) is 16.8. The maximum Gasteiger partial charge on any atom is 0.312 e. The standard InChI is InChI=1S/C17H21N3O2S/c1-11(2)12-6-3-4-7-13(12)19-16(21)10-14(20-17(18)22)15-8-5-9-23-15/h3-9,11,14H,10H2,1-2H3,(H,19,21)(H3,18,20,22). The lowest BCUT2D eigenvalue weighted by Gasteiger charge is -2.18. The molecule has 0 aliphatic rings. The molecule has 5 nitrogen and oxygen atoms in total. The summed E-state index contributed by atoms with van der Waals surface area (Å²) in [6, 6.07) is 10.4. The number of primary amides is 1. The van der Waals surface area contributed by atoms with Crippen LogP contribution in [0.2, 0.25) is 0 Å². The summed E-state index contributed by atoms with van der Waals surface area (Å²) in [6.45, 7) is 4.15. The Kier molecular flexibility index (Phi) is 5.76. The van der Waals surface area contributed by atoms with Crippen molar-refractivity contribution >= 4 is 29.0 Å². The molecule has 1 heterocycles. The number of rotatable bonds is 6. The Morgan fingerprint density at radius 2 is 1.91 bits per heavy atom. The second kappa shape index (κ2) is 7.78. The summed E-state index contributed by atoms with van der Waals surface area (Å²) in [7, 11) is 0. The van der Waals surface area contributed by atoms with E-state index in [2.05, 4.69) is 24.5 Å². The van der Waals surface area contributed by atoms with E-state index in [1.807, 2.05) is 41.8 Å². The van der Waals surface area contributed by atoms with Crippen molar-refractivity contribution in [3.05, 3.63) is 52.2 Å².